The molecule has 0 saturated carbocycles. The van der Waals surface area contributed by atoms with Gasteiger partial charge >= 0.3 is 6.61 Å². The quantitative estimate of drug-likeness (QED) is 0.743. The molecule has 0 bridgehead atoms. The minimum absolute atomic E-state index is 0.0660. The summed E-state index contributed by atoms with van der Waals surface area (Å²) in [6.45, 7) is -2.85. The smallest absolute Gasteiger partial charge is 0.387 e. The van der Waals surface area contributed by atoms with Crippen molar-refractivity contribution in [3.63, 3.8) is 0 Å². The molecule has 1 aromatic rings. The SMILES string of the molecule is CON(C)C(=O)Cc1ccc(OC(F)F)cc1. The number of carbonyl (C=O) groups excluding carboxylic acids is 1. The average molecular weight is 245 g/mol. The van der Waals surface area contributed by atoms with E-state index < -0.39 is 6.61 Å². The van der Waals surface area contributed by atoms with Gasteiger partial charge in [-0.25, -0.2) is 5.06 Å². The zero-order valence-electron chi connectivity index (χ0n) is 9.52. The number of likely N-dealkylation sites (N-methyl/N-ethyl adjacent to an activating group) is 1. The van der Waals surface area contributed by atoms with Crippen molar-refractivity contribution < 1.29 is 23.1 Å². The van der Waals surface area contributed by atoms with E-state index in [1.54, 1.807) is 12.1 Å². The number of hydroxylamine groups is 2. The van der Waals surface area contributed by atoms with E-state index in [0.717, 1.165) is 5.06 Å². The number of halogens is 2. The van der Waals surface area contributed by atoms with Crippen LogP contribution in [0.5, 0.6) is 5.75 Å². The molecule has 0 spiro atoms. The zero-order valence-corrected chi connectivity index (χ0v) is 9.52. The fourth-order valence-electron chi connectivity index (χ4n) is 1.18. The van der Waals surface area contributed by atoms with E-state index in [0.29, 0.717) is 5.56 Å². The van der Waals surface area contributed by atoms with Crippen LogP contribution in [0.2, 0.25) is 0 Å². The molecule has 17 heavy (non-hydrogen) atoms. The van der Waals surface area contributed by atoms with Crippen LogP contribution in [0.3, 0.4) is 0 Å². The summed E-state index contributed by atoms with van der Waals surface area (Å²) in [5.41, 5.74) is 0.695. The van der Waals surface area contributed by atoms with Gasteiger partial charge in [-0.15, -0.1) is 0 Å². The topological polar surface area (TPSA) is 38.8 Å². The highest BCUT2D eigenvalue weighted by molar-refractivity contribution is 5.77. The van der Waals surface area contributed by atoms with E-state index in [2.05, 4.69) is 4.74 Å². The lowest BCUT2D eigenvalue weighted by molar-refractivity contribution is -0.167. The number of hydrogen-bond acceptors (Lipinski definition) is 3. The number of nitrogens with zero attached hydrogens (tertiary/aromatic N) is 1. The number of amides is 1. The molecule has 0 unspecified atom stereocenters. The molecule has 0 aliphatic carbocycles. The van der Waals surface area contributed by atoms with Crippen LogP contribution in [0.15, 0.2) is 24.3 Å². The normalized spacial score (nSPS) is 10.4. The fraction of sp³-hybridized carbons (Fsp3) is 0.364. The molecule has 0 aromatic heterocycles. The Morgan fingerprint density at radius 3 is 2.41 bits per heavy atom. The van der Waals surface area contributed by atoms with Gasteiger partial charge in [0.15, 0.2) is 0 Å². The summed E-state index contributed by atoms with van der Waals surface area (Å²) in [6, 6.07) is 5.89. The number of benzene rings is 1. The van der Waals surface area contributed by atoms with E-state index >= 15 is 0 Å². The molecule has 0 atom stereocenters. The predicted octanol–water partition coefficient (Wildman–Crippen LogP) is 1.85. The Labute approximate surface area is 97.7 Å². The first-order valence-electron chi connectivity index (χ1n) is 4.87. The Kier molecular flexibility index (Phi) is 4.84. The standard InChI is InChI=1S/C11H13F2NO3/c1-14(16-2)10(15)7-8-3-5-9(6-4-8)17-11(12)13/h3-6,11H,7H2,1-2H3. The van der Waals surface area contributed by atoms with Crippen molar-refractivity contribution in [1.82, 2.24) is 5.06 Å². The number of carbonyl (C=O) groups is 1. The number of rotatable bonds is 5. The highest BCUT2D eigenvalue weighted by atomic mass is 19.3. The summed E-state index contributed by atoms with van der Waals surface area (Å²) in [5.74, 6) is -0.161. The van der Waals surface area contributed by atoms with Gasteiger partial charge in [0.2, 0.25) is 5.91 Å². The van der Waals surface area contributed by atoms with Gasteiger partial charge in [0.25, 0.3) is 0 Å². The van der Waals surface area contributed by atoms with Gasteiger partial charge in [-0.2, -0.15) is 8.78 Å². The molecule has 1 aromatic carbocycles. The van der Waals surface area contributed by atoms with Crippen molar-refractivity contribution in [3.05, 3.63) is 29.8 Å². The van der Waals surface area contributed by atoms with Crippen molar-refractivity contribution in [2.24, 2.45) is 0 Å². The van der Waals surface area contributed by atoms with Crippen LogP contribution in [0, 0.1) is 0 Å². The number of ether oxygens (including phenoxy) is 1. The molecule has 0 fully saturated rings. The monoisotopic (exact) mass is 245 g/mol. The Hall–Kier alpha value is -1.69. The lowest BCUT2D eigenvalue weighted by Gasteiger charge is -2.13. The summed E-state index contributed by atoms with van der Waals surface area (Å²) in [4.78, 5) is 16.2. The Bertz CT molecular complexity index is 367. The highest BCUT2D eigenvalue weighted by Gasteiger charge is 2.09. The summed E-state index contributed by atoms with van der Waals surface area (Å²) in [6.07, 6.45) is 0.138. The molecule has 0 heterocycles. The third-order valence-corrected chi connectivity index (χ3v) is 2.13. The van der Waals surface area contributed by atoms with Gasteiger partial charge in [-0.3, -0.25) is 9.63 Å². The molecule has 94 valence electrons. The molecule has 0 radical (unpaired) electrons. The molecule has 1 amide bonds. The summed E-state index contributed by atoms with van der Waals surface area (Å²) in [7, 11) is 2.88. The van der Waals surface area contributed by atoms with E-state index in [9.17, 15) is 13.6 Å². The van der Waals surface area contributed by atoms with Crippen LogP contribution in [-0.2, 0) is 16.1 Å². The number of alkyl halides is 2. The van der Waals surface area contributed by atoms with Crippen molar-refractivity contribution in [3.8, 4) is 5.75 Å². The van der Waals surface area contributed by atoms with Gasteiger partial charge < -0.3 is 4.74 Å². The minimum atomic E-state index is -2.85. The zero-order chi connectivity index (χ0) is 12.8. The molecule has 0 saturated heterocycles. The summed E-state index contributed by atoms with van der Waals surface area (Å²) in [5, 5.41) is 1.10. The van der Waals surface area contributed by atoms with Crippen LogP contribution >= 0.6 is 0 Å². The van der Waals surface area contributed by atoms with Crippen LogP contribution < -0.4 is 4.74 Å². The third-order valence-electron chi connectivity index (χ3n) is 2.13. The molecule has 1 rings (SSSR count). The van der Waals surface area contributed by atoms with E-state index in [4.69, 9.17) is 4.84 Å². The Balaban J connectivity index is 2.59. The van der Waals surface area contributed by atoms with Gasteiger partial charge in [0.1, 0.15) is 5.75 Å². The van der Waals surface area contributed by atoms with Crippen LogP contribution in [-0.4, -0.2) is 31.7 Å². The summed E-state index contributed by atoms with van der Waals surface area (Å²) >= 11 is 0. The third kappa shape index (κ3) is 4.36. The highest BCUT2D eigenvalue weighted by Crippen LogP contribution is 2.15. The number of hydrogen-bond donors (Lipinski definition) is 0. The van der Waals surface area contributed by atoms with Gasteiger partial charge in [-0.05, 0) is 17.7 Å². The Morgan fingerprint density at radius 1 is 1.35 bits per heavy atom. The molecule has 4 nitrogen and oxygen atoms in total. The molecule has 0 aliphatic rings. The molecule has 0 aliphatic heterocycles. The first kappa shape index (κ1) is 13.4. The van der Waals surface area contributed by atoms with Crippen LogP contribution in [0.4, 0.5) is 8.78 Å². The van der Waals surface area contributed by atoms with Crippen molar-refractivity contribution in [1.29, 1.82) is 0 Å². The largest absolute Gasteiger partial charge is 0.435 e. The van der Waals surface area contributed by atoms with Crippen molar-refractivity contribution in [2.75, 3.05) is 14.2 Å². The average Bonchev–Trinajstić information content (AvgIpc) is 2.30. The van der Waals surface area contributed by atoms with Crippen molar-refractivity contribution >= 4 is 5.91 Å². The van der Waals surface area contributed by atoms with Gasteiger partial charge in [0.05, 0.1) is 13.5 Å². The van der Waals surface area contributed by atoms with Crippen LogP contribution in [0.1, 0.15) is 5.56 Å². The molecule has 6 heteroatoms. The maximum absolute atomic E-state index is 11.9. The van der Waals surface area contributed by atoms with Gasteiger partial charge in [-0.1, -0.05) is 12.1 Å². The maximum atomic E-state index is 11.9. The van der Waals surface area contributed by atoms with E-state index in [1.807, 2.05) is 0 Å². The lowest BCUT2D eigenvalue weighted by atomic mass is 10.1. The second-order valence-corrected chi connectivity index (χ2v) is 3.27. The second kappa shape index (κ2) is 6.15. The Morgan fingerprint density at radius 2 is 1.94 bits per heavy atom. The predicted molar refractivity (Wildman–Crippen MR) is 56.6 cm³/mol. The van der Waals surface area contributed by atoms with E-state index in [-0.39, 0.29) is 18.1 Å². The molecular weight excluding hydrogens is 232 g/mol. The summed E-state index contributed by atoms with van der Waals surface area (Å²) < 4.78 is 28.0. The molecular formula is C11H13F2NO3. The fourth-order valence-corrected chi connectivity index (χ4v) is 1.18. The second-order valence-electron chi connectivity index (χ2n) is 3.27. The minimum Gasteiger partial charge on any atom is -0.435 e. The first-order chi connectivity index (χ1) is 8.02. The van der Waals surface area contributed by atoms with Crippen LogP contribution in [0.25, 0.3) is 0 Å². The van der Waals surface area contributed by atoms with Gasteiger partial charge in [0, 0.05) is 7.05 Å². The van der Waals surface area contributed by atoms with E-state index in [1.165, 1.54) is 26.3 Å². The first-order valence-corrected chi connectivity index (χ1v) is 4.87. The van der Waals surface area contributed by atoms with Crippen molar-refractivity contribution in [2.45, 2.75) is 13.0 Å². The maximum Gasteiger partial charge on any atom is 0.387 e. The molecule has 0 N–H and O–H groups in total. The lowest BCUT2D eigenvalue weighted by Crippen LogP contribution is -2.26.